The first-order valence-corrected chi connectivity index (χ1v) is 38.1. The van der Waals surface area contributed by atoms with E-state index in [1.165, 1.54) is 186 Å². The third-order valence-electron chi connectivity index (χ3n) is 15.8. The maximum Gasteiger partial charge on any atom is 0.306 e. The van der Waals surface area contributed by atoms with Crippen molar-refractivity contribution in [3.8, 4) is 0 Å². The fraction of sp³-hybridized carbons (Fsp3) is 0.744. The summed E-state index contributed by atoms with van der Waals surface area (Å²) in [6.45, 7) is 4.04. The van der Waals surface area contributed by atoms with E-state index in [4.69, 9.17) is 18.5 Å². The zero-order chi connectivity index (χ0) is 64.1. The van der Waals surface area contributed by atoms with Crippen molar-refractivity contribution in [3.05, 3.63) is 109 Å². The molecule has 0 heterocycles. The first-order valence-electron chi connectivity index (χ1n) is 36.6. The lowest BCUT2D eigenvalue weighted by atomic mass is 10.0. The van der Waals surface area contributed by atoms with Gasteiger partial charge in [0.1, 0.15) is 19.8 Å². The number of carbonyl (C=O) groups is 2. The molecular weight excluding hydrogens is 1110 g/mol. The number of phosphoric acid groups is 1. The molecule has 0 aromatic carbocycles. The quantitative estimate of drug-likeness (QED) is 0.0195. The molecule has 2 unspecified atom stereocenters. The van der Waals surface area contributed by atoms with E-state index in [0.717, 1.165) is 103 Å². The Hall–Kier alpha value is -3.33. The van der Waals surface area contributed by atoms with Gasteiger partial charge in [-0.2, -0.15) is 0 Å². The van der Waals surface area contributed by atoms with E-state index in [1.54, 1.807) is 0 Å². The number of unbranched alkanes of at least 4 members (excludes halogenated alkanes) is 35. The Kier molecular flexibility index (Phi) is 65.5. The number of nitrogens with zero attached hydrogens (tertiary/aromatic N) is 1. The molecule has 9 nitrogen and oxygen atoms in total. The lowest BCUT2D eigenvalue weighted by molar-refractivity contribution is -0.870. The van der Waals surface area contributed by atoms with E-state index in [9.17, 15) is 19.0 Å². The summed E-state index contributed by atoms with van der Waals surface area (Å²) in [4.78, 5) is 38.1. The lowest BCUT2D eigenvalue weighted by Crippen LogP contribution is -2.37. The molecule has 0 saturated carbocycles. The van der Waals surface area contributed by atoms with E-state index in [-0.39, 0.29) is 32.0 Å². The standard InChI is InChI=1S/C78H138NO8P/c1-6-8-10-12-14-16-18-20-22-24-26-28-30-32-33-34-35-36-37-38-39-40-41-42-43-44-45-47-48-50-52-54-56-58-60-62-64-66-68-70-77(80)84-74-76(75-86-88(82,83)85-73-72-79(3,4)5)87-78(81)71-69-67-65-63-61-59-57-55-53-51-49-46-31-29-27-25-23-21-19-17-15-13-11-9-7-2/h8-11,14-17,20-23,26-29,46,49,76H,6-7,12-13,18-19,24-25,30-45,47-48,50-75H2,1-5H3/b10-8-,11-9-,16-14-,17-15-,22-20-,23-21-,28-26-,29-27-,49-46-. The molecule has 88 heavy (non-hydrogen) atoms. The molecule has 0 aliphatic rings. The maximum atomic E-state index is 12.9. The summed E-state index contributed by atoms with van der Waals surface area (Å²) < 4.78 is 34.3. The van der Waals surface area contributed by atoms with Gasteiger partial charge in [-0.25, -0.2) is 0 Å². The first-order chi connectivity index (χ1) is 43.0. The van der Waals surface area contributed by atoms with Crippen LogP contribution in [0.15, 0.2) is 109 Å². The number of allylic oxidation sites excluding steroid dienone is 18. The Morgan fingerprint density at radius 2 is 0.614 bits per heavy atom. The minimum atomic E-state index is -4.65. The number of likely N-dealkylation sites (N-methyl/N-ethyl adjacent to an activating group) is 1. The summed E-state index contributed by atoms with van der Waals surface area (Å²) in [7, 11) is 1.16. The number of carbonyl (C=O) groups excluding carboxylic acids is 2. The zero-order valence-corrected chi connectivity index (χ0v) is 58.8. The van der Waals surface area contributed by atoms with Crippen LogP contribution in [0.4, 0.5) is 0 Å². The first kappa shape index (κ1) is 84.7. The highest BCUT2D eigenvalue weighted by molar-refractivity contribution is 7.45. The van der Waals surface area contributed by atoms with Gasteiger partial charge in [-0.15, -0.1) is 0 Å². The van der Waals surface area contributed by atoms with E-state index >= 15 is 0 Å². The van der Waals surface area contributed by atoms with Gasteiger partial charge in [0, 0.05) is 12.8 Å². The van der Waals surface area contributed by atoms with Crippen molar-refractivity contribution >= 4 is 19.8 Å². The number of ether oxygens (including phenoxy) is 2. The molecule has 0 saturated heterocycles. The molecule has 508 valence electrons. The summed E-state index contributed by atoms with van der Waals surface area (Å²) in [5.74, 6) is -0.832. The smallest absolute Gasteiger partial charge is 0.306 e. The van der Waals surface area contributed by atoms with Crippen molar-refractivity contribution in [1.29, 1.82) is 0 Å². The predicted molar refractivity (Wildman–Crippen MR) is 378 cm³/mol. The third-order valence-corrected chi connectivity index (χ3v) is 16.8. The summed E-state index contributed by atoms with van der Waals surface area (Å²) in [6.07, 6.45) is 96.2. The Morgan fingerprint density at radius 3 is 0.909 bits per heavy atom. The van der Waals surface area contributed by atoms with Gasteiger partial charge in [-0.05, 0) is 96.3 Å². The molecule has 0 aliphatic heterocycles. The van der Waals surface area contributed by atoms with Gasteiger partial charge >= 0.3 is 11.9 Å². The van der Waals surface area contributed by atoms with Crippen LogP contribution in [0.25, 0.3) is 0 Å². The van der Waals surface area contributed by atoms with Crippen LogP contribution in [0.5, 0.6) is 0 Å². The maximum absolute atomic E-state index is 12.9. The van der Waals surface area contributed by atoms with Gasteiger partial charge in [-0.3, -0.25) is 14.2 Å². The van der Waals surface area contributed by atoms with Gasteiger partial charge in [0.05, 0.1) is 27.7 Å². The van der Waals surface area contributed by atoms with Gasteiger partial charge < -0.3 is 27.9 Å². The fourth-order valence-electron chi connectivity index (χ4n) is 10.3. The largest absolute Gasteiger partial charge is 0.756 e. The second-order valence-electron chi connectivity index (χ2n) is 25.5. The SMILES string of the molecule is CC/C=C\C/C=C\C/C=C\C/C=C\C/C=C\CCCCCCCCCCCC(=O)OC(COC(=O)CCCCCCCCCCCCCCCCCCCCCCCCCCCC/C=C\C/C=C\C/C=C\C/C=C\CC)COP(=O)([O-])OCC[N+](C)(C)C. The zero-order valence-electron chi connectivity index (χ0n) is 57.9. The van der Waals surface area contributed by atoms with Crippen LogP contribution in [-0.4, -0.2) is 70.0 Å². The second kappa shape index (κ2) is 68.0. The number of quaternary nitrogens is 1. The van der Waals surface area contributed by atoms with Crippen LogP contribution in [0.3, 0.4) is 0 Å². The van der Waals surface area contributed by atoms with Crippen molar-refractivity contribution in [2.75, 3.05) is 47.5 Å². The highest BCUT2D eigenvalue weighted by Gasteiger charge is 2.22. The van der Waals surface area contributed by atoms with E-state index in [2.05, 4.69) is 123 Å². The topological polar surface area (TPSA) is 111 Å². The summed E-state index contributed by atoms with van der Waals surface area (Å²) in [5.41, 5.74) is 0. The number of rotatable bonds is 67. The summed E-state index contributed by atoms with van der Waals surface area (Å²) in [6, 6.07) is 0. The molecule has 0 aliphatic carbocycles. The molecule has 10 heteroatoms. The Balaban J connectivity index is 3.95. The average Bonchev–Trinajstić information content (AvgIpc) is 3.57. The normalized spacial score (nSPS) is 13.8. The van der Waals surface area contributed by atoms with Crippen molar-refractivity contribution in [3.63, 3.8) is 0 Å². The van der Waals surface area contributed by atoms with Crippen molar-refractivity contribution < 1.29 is 42.1 Å². The van der Waals surface area contributed by atoms with Crippen molar-refractivity contribution in [1.82, 2.24) is 0 Å². The minimum absolute atomic E-state index is 0.0346. The Labute approximate surface area is 544 Å². The minimum Gasteiger partial charge on any atom is -0.756 e. The van der Waals surface area contributed by atoms with Crippen LogP contribution in [0, 0.1) is 0 Å². The molecule has 0 N–H and O–H groups in total. The summed E-state index contributed by atoms with van der Waals surface area (Å²) >= 11 is 0. The average molecular weight is 1250 g/mol. The number of hydrogen-bond donors (Lipinski definition) is 0. The predicted octanol–water partition coefficient (Wildman–Crippen LogP) is 23.4. The van der Waals surface area contributed by atoms with Crippen molar-refractivity contribution in [2.45, 2.75) is 328 Å². The second-order valence-corrected chi connectivity index (χ2v) is 27.0. The third kappa shape index (κ3) is 71.7. The Bertz CT molecular complexity index is 1850. The monoisotopic (exact) mass is 1250 g/mol. The van der Waals surface area contributed by atoms with E-state index in [0.29, 0.717) is 17.4 Å². The Morgan fingerprint density at radius 1 is 0.352 bits per heavy atom. The fourth-order valence-corrected chi connectivity index (χ4v) is 11.0. The number of esters is 2. The van der Waals surface area contributed by atoms with E-state index < -0.39 is 26.5 Å². The molecule has 0 bridgehead atoms. The lowest BCUT2D eigenvalue weighted by Gasteiger charge is -2.28. The highest BCUT2D eigenvalue weighted by Crippen LogP contribution is 2.38. The van der Waals surface area contributed by atoms with Gasteiger partial charge in [0.15, 0.2) is 6.10 Å². The molecule has 0 aromatic rings. The van der Waals surface area contributed by atoms with Crippen molar-refractivity contribution in [2.24, 2.45) is 0 Å². The molecule has 0 amide bonds. The highest BCUT2D eigenvalue weighted by atomic mass is 31.2. The molecule has 0 aromatic heterocycles. The molecule has 0 rings (SSSR count). The van der Waals surface area contributed by atoms with Crippen LogP contribution >= 0.6 is 7.82 Å². The molecule has 2 atom stereocenters. The summed E-state index contributed by atoms with van der Waals surface area (Å²) in [5, 5.41) is 0. The van der Waals surface area contributed by atoms with Crippen LogP contribution in [-0.2, 0) is 32.7 Å². The molecule has 0 radical (unpaired) electrons. The van der Waals surface area contributed by atoms with Crippen LogP contribution < -0.4 is 4.89 Å². The molecule has 0 fully saturated rings. The van der Waals surface area contributed by atoms with Gasteiger partial charge in [0.25, 0.3) is 7.82 Å². The van der Waals surface area contributed by atoms with Gasteiger partial charge in [-0.1, -0.05) is 322 Å². The molecule has 0 spiro atoms. The van der Waals surface area contributed by atoms with Crippen LogP contribution in [0.2, 0.25) is 0 Å². The number of hydrogen-bond acceptors (Lipinski definition) is 8. The number of phosphoric ester groups is 1. The van der Waals surface area contributed by atoms with Gasteiger partial charge in [0.2, 0.25) is 0 Å². The van der Waals surface area contributed by atoms with E-state index in [1.807, 2.05) is 21.1 Å². The van der Waals surface area contributed by atoms with Crippen LogP contribution in [0.1, 0.15) is 322 Å². The molecular formula is C78H138NO8P.